The van der Waals surface area contributed by atoms with Gasteiger partial charge in [0.25, 0.3) is 0 Å². The molecule has 0 fully saturated rings. The van der Waals surface area contributed by atoms with Crippen molar-refractivity contribution in [2.75, 3.05) is 0 Å². The van der Waals surface area contributed by atoms with Gasteiger partial charge in [0, 0.05) is 17.5 Å². The number of rotatable bonds is 5. The maximum absolute atomic E-state index is 11.3. The maximum Gasteiger partial charge on any atom is 0.310 e. The summed E-state index contributed by atoms with van der Waals surface area (Å²) in [5.41, 5.74) is 1.40. The van der Waals surface area contributed by atoms with Crippen molar-refractivity contribution >= 4 is 11.7 Å². The number of nitro groups is 1. The predicted octanol–water partition coefficient (Wildman–Crippen LogP) is 2.53. The fourth-order valence-corrected chi connectivity index (χ4v) is 3.29. The topological polar surface area (TPSA) is 92.5 Å². The van der Waals surface area contributed by atoms with E-state index in [4.69, 9.17) is 4.74 Å². The van der Waals surface area contributed by atoms with Gasteiger partial charge in [0.2, 0.25) is 0 Å². The lowest BCUT2D eigenvalue weighted by Crippen LogP contribution is -2.38. The highest BCUT2D eigenvalue weighted by atomic mass is 16.6. The van der Waals surface area contributed by atoms with Gasteiger partial charge in [0.15, 0.2) is 5.75 Å². The Morgan fingerprint density at radius 3 is 2.28 bits per heavy atom. The molecule has 1 aliphatic carbocycles. The van der Waals surface area contributed by atoms with E-state index in [9.17, 15) is 20.0 Å². The Morgan fingerprint density at radius 2 is 1.76 bits per heavy atom. The number of benzene rings is 2. The molecule has 0 bridgehead atoms. The van der Waals surface area contributed by atoms with E-state index >= 15 is 0 Å². The number of fused-ring (bicyclic) bond motifs is 1. The Bertz CT molecular complexity index is 818. The molecule has 0 saturated carbocycles. The summed E-state index contributed by atoms with van der Waals surface area (Å²) in [7, 11) is 0. The molecule has 0 heterocycles. The van der Waals surface area contributed by atoms with Crippen molar-refractivity contribution in [3.8, 4) is 5.75 Å². The van der Waals surface area contributed by atoms with Crippen molar-refractivity contribution in [2.24, 2.45) is 5.92 Å². The minimum Gasteiger partial charge on any atom is -0.545 e. The molecule has 6 heteroatoms. The maximum atomic E-state index is 11.3. The minimum absolute atomic E-state index is 0.0485. The third-order valence-electron chi connectivity index (χ3n) is 4.80. The average Bonchev–Trinajstić information content (AvgIpc) is 2.99. The number of nitrogens with zero attached hydrogens (tertiary/aromatic N) is 1. The van der Waals surface area contributed by atoms with E-state index < -0.39 is 16.5 Å². The second-order valence-corrected chi connectivity index (χ2v) is 6.81. The van der Waals surface area contributed by atoms with E-state index in [2.05, 4.69) is 12.1 Å². The van der Waals surface area contributed by atoms with Gasteiger partial charge in [-0.2, -0.15) is 0 Å². The van der Waals surface area contributed by atoms with E-state index in [0.717, 1.165) is 31.0 Å². The van der Waals surface area contributed by atoms with Crippen molar-refractivity contribution in [1.82, 2.24) is 0 Å². The summed E-state index contributed by atoms with van der Waals surface area (Å²) in [5.74, 6) is -1.31. The zero-order valence-electron chi connectivity index (χ0n) is 14.0. The van der Waals surface area contributed by atoms with E-state index in [0.29, 0.717) is 0 Å². The van der Waals surface area contributed by atoms with Crippen molar-refractivity contribution in [2.45, 2.75) is 32.3 Å². The first-order chi connectivity index (χ1) is 11.8. The van der Waals surface area contributed by atoms with Gasteiger partial charge in [-0.3, -0.25) is 10.1 Å². The summed E-state index contributed by atoms with van der Waals surface area (Å²) in [6.45, 7) is 3.75. The number of nitro benzene ring substituents is 1. The summed E-state index contributed by atoms with van der Waals surface area (Å²) in [6.07, 6.45) is 1.63. The molecule has 2 aromatic carbocycles. The standard InChI is InChI=1S/C19H19NO5/c1-19(2,15-9-12-5-3-4-6-13(12)10-15)25-17-11-14(18(21)22)7-8-16(17)20(23)24/h3-8,11,15H,9-10H2,1-2H3,(H,21,22)/p-1. The molecule has 130 valence electrons. The quantitative estimate of drug-likeness (QED) is 0.616. The lowest BCUT2D eigenvalue weighted by Gasteiger charge is -2.32. The molecule has 0 saturated heterocycles. The van der Waals surface area contributed by atoms with Gasteiger partial charge in [-0.1, -0.05) is 24.3 Å². The highest BCUT2D eigenvalue weighted by molar-refractivity contribution is 5.87. The zero-order valence-corrected chi connectivity index (χ0v) is 14.0. The largest absolute Gasteiger partial charge is 0.545 e. The van der Waals surface area contributed by atoms with Crippen LogP contribution in [-0.2, 0) is 12.8 Å². The molecule has 6 nitrogen and oxygen atoms in total. The third kappa shape index (κ3) is 3.33. The fraction of sp³-hybridized carbons (Fsp3) is 0.316. The lowest BCUT2D eigenvalue weighted by atomic mass is 9.88. The molecule has 0 radical (unpaired) electrons. The number of hydrogen-bond acceptors (Lipinski definition) is 5. The monoisotopic (exact) mass is 340 g/mol. The van der Waals surface area contributed by atoms with Crippen molar-refractivity contribution < 1.29 is 19.6 Å². The van der Waals surface area contributed by atoms with Gasteiger partial charge in [-0.25, -0.2) is 0 Å². The van der Waals surface area contributed by atoms with Crippen LogP contribution in [-0.4, -0.2) is 16.5 Å². The van der Waals surface area contributed by atoms with Crippen LogP contribution >= 0.6 is 0 Å². The summed E-state index contributed by atoms with van der Waals surface area (Å²) in [4.78, 5) is 21.7. The van der Waals surface area contributed by atoms with Crippen LogP contribution in [0.5, 0.6) is 5.75 Å². The number of aromatic carboxylic acids is 1. The number of hydrogen-bond donors (Lipinski definition) is 0. The molecule has 0 unspecified atom stereocenters. The molecule has 0 N–H and O–H groups in total. The van der Waals surface area contributed by atoms with E-state index in [-0.39, 0.29) is 22.9 Å². The van der Waals surface area contributed by atoms with Crippen LogP contribution in [0.3, 0.4) is 0 Å². The van der Waals surface area contributed by atoms with E-state index in [1.807, 2.05) is 26.0 Å². The smallest absolute Gasteiger partial charge is 0.310 e. The third-order valence-corrected chi connectivity index (χ3v) is 4.80. The fourth-order valence-electron chi connectivity index (χ4n) is 3.29. The second-order valence-electron chi connectivity index (χ2n) is 6.81. The van der Waals surface area contributed by atoms with Crippen LogP contribution in [0.2, 0.25) is 0 Å². The van der Waals surface area contributed by atoms with Gasteiger partial charge in [0.05, 0.1) is 10.9 Å². The van der Waals surface area contributed by atoms with Gasteiger partial charge in [-0.05, 0) is 49.9 Å². The Morgan fingerprint density at radius 1 is 1.16 bits per heavy atom. The Kier molecular flexibility index (Phi) is 4.20. The highest BCUT2D eigenvalue weighted by Crippen LogP contribution is 2.39. The number of carboxylic acids is 1. The molecular weight excluding hydrogens is 322 g/mol. The Hall–Kier alpha value is -2.89. The summed E-state index contributed by atoms with van der Waals surface area (Å²) in [5, 5.41) is 22.3. The Labute approximate surface area is 145 Å². The van der Waals surface area contributed by atoms with Gasteiger partial charge in [0.1, 0.15) is 5.60 Å². The SMILES string of the molecule is CC(C)(Oc1cc(C(=O)[O-])ccc1[N+](=O)[O-])C1Cc2ccccc2C1. The molecule has 2 aromatic rings. The summed E-state index contributed by atoms with van der Waals surface area (Å²) < 4.78 is 5.97. The first-order valence-corrected chi connectivity index (χ1v) is 8.03. The highest BCUT2D eigenvalue weighted by Gasteiger charge is 2.37. The van der Waals surface area contributed by atoms with Crippen molar-refractivity contribution in [1.29, 1.82) is 0 Å². The van der Waals surface area contributed by atoms with Crippen molar-refractivity contribution in [3.05, 3.63) is 69.3 Å². The predicted molar refractivity (Wildman–Crippen MR) is 89.5 cm³/mol. The number of carbonyl (C=O) groups excluding carboxylic acids is 1. The molecule has 1 aliphatic rings. The molecule has 0 aromatic heterocycles. The number of ether oxygens (including phenoxy) is 1. The van der Waals surface area contributed by atoms with Gasteiger partial charge >= 0.3 is 5.69 Å². The van der Waals surface area contributed by atoms with E-state index in [1.54, 1.807) is 0 Å². The van der Waals surface area contributed by atoms with Crippen LogP contribution in [0.25, 0.3) is 0 Å². The molecule has 0 spiro atoms. The molecule has 3 rings (SSSR count). The zero-order chi connectivity index (χ0) is 18.2. The summed E-state index contributed by atoms with van der Waals surface area (Å²) in [6, 6.07) is 11.6. The normalized spacial score (nSPS) is 14.2. The first-order valence-electron chi connectivity index (χ1n) is 8.03. The molecular formula is C19H18NO5-. The first kappa shape index (κ1) is 17.0. The molecule has 0 aliphatic heterocycles. The van der Waals surface area contributed by atoms with Crippen molar-refractivity contribution in [3.63, 3.8) is 0 Å². The van der Waals surface area contributed by atoms with Crippen LogP contribution < -0.4 is 9.84 Å². The minimum atomic E-state index is -1.40. The van der Waals surface area contributed by atoms with Crippen LogP contribution in [0.15, 0.2) is 42.5 Å². The van der Waals surface area contributed by atoms with Crippen LogP contribution in [0.1, 0.15) is 35.3 Å². The van der Waals surface area contributed by atoms with Crippen LogP contribution in [0.4, 0.5) is 5.69 Å². The Balaban J connectivity index is 1.89. The summed E-state index contributed by atoms with van der Waals surface area (Å²) >= 11 is 0. The van der Waals surface area contributed by atoms with Gasteiger partial charge in [-0.15, -0.1) is 0 Å². The number of carboxylic acid groups (broad SMARTS) is 1. The second kappa shape index (κ2) is 6.20. The van der Waals surface area contributed by atoms with Gasteiger partial charge < -0.3 is 14.6 Å². The molecule has 0 amide bonds. The van der Waals surface area contributed by atoms with E-state index in [1.165, 1.54) is 11.1 Å². The molecule has 25 heavy (non-hydrogen) atoms. The molecule has 0 atom stereocenters. The van der Waals surface area contributed by atoms with Crippen LogP contribution in [0, 0.1) is 16.0 Å². The lowest BCUT2D eigenvalue weighted by molar-refractivity contribution is -0.386. The number of carbonyl (C=O) groups is 1. The average molecular weight is 340 g/mol.